The van der Waals surface area contributed by atoms with Crippen molar-refractivity contribution in [3.8, 4) is 17.0 Å². The third kappa shape index (κ3) is 3.40. The zero-order valence-corrected chi connectivity index (χ0v) is 15.9. The Morgan fingerprint density at radius 3 is 2.86 bits per heavy atom. The van der Waals surface area contributed by atoms with E-state index in [0.29, 0.717) is 30.0 Å². The van der Waals surface area contributed by atoms with E-state index in [9.17, 15) is 13.9 Å². The lowest BCUT2D eigenvalue weighted by Gasteiger charge is -2.34. The van der Waals surface area contributed by atoms with E-state index >= 15 is 0 Å². The molecule has 3 aromatic rings. The van der Waals surface area contributed by atoms with Gasteiger partial charge in [0, 0.05) is 31.7 Å². The molecule has 1 saturated heterocycles. The number of piperidine rings is 1. The Kier molecular flexibility index (Phi) is 4.89. The molecule has 1 aliphatic rings. The summed E-state index contributed by atoms with van der Waals surface area (Å²) in [5, 5.41) is 21.9. The van der Waals surface area contributed by atoms with Crippen LogP contribution in [0.2, 0.25) is 0 Å². The number of hydrogen-bond donors (Lipinski definition) is 2. The number of halogens is 2. The normalized spacial score (nSPS) is 20.6. The molecule has 0 spiro atoms. The number of aromatic nitrogens is 3. The van der Waals surface area contributed by atoms with Crippen LogP contribution in [0.1, 0.15) is 18.9 Å². The van der Waals surface area contributed by atoms with Gasteiger partial charge in [-0.25, -0.2) is 8.78 Å². The van der Waals surface area contributed by atoms with Gasteiger partial charge in [-0.05, 0) is 43.3 Å². The fourth-order valence-electron chi connectivity index (χ4n) is 3.86. The van der Waals surface area contributed by atoms with Gasteiger partial charge in [0.25, 0.3) is 0 Å². The van der Waals surface area contributed by atoms with Crippen LogP contribution in [0.3, 0.4) is 0 Å². The summed E-state index contributed by atoms with van der Waals surface area (Å²) in [5.41, 5.74) is 1.50. The number of aryl methyl sites for hydroxylation is 1. The Hall–Kier alpha value is -2.74. The van der Waals surface area contributed by atoms with E-state index < -0.39 is 12.0 Å². The van der Waals surface area contributed by atoms with E-state index in [1.54, 1.807) is 29.7 Å². The number of phenolic OH excluding ortho intramolecular Hbond substituents is 1. The molecule has 2 atom stereocenters. The van der Waals surface area contributed by atoms with Crippen LogP contribution in [0.15, 0.2) is 30.5 Å². The third-order valence-electron chi connectivity index (χ3n) is 5.17. The number of alkyl halides is 1. The molecule has 1 fully saturated rings. The minimum Gasteiger partial charge on any atom is -0.507 e. The Labute approximate surface area is 161 Å². The predicted molar refractivity (Wildman–Crippen MR) is 104 cm³/mol. The van der Waals surface area contributed by atoms with Crippen molar-refractivity contribution in [1.29, 1.82) is 0 Å². The van der Waals surface area contributed by atoms with Crippen molar-refractivity contribution in [2.24, 2.45) is 0 Å². The summed E-state index contributed by atoms with van der Waals surface area (Å²) >= 11 is 0. The van der Waals surface area contributed by atoms with Crippen LogP contribution < -0.4 is 5.32 Å². The summed E-state index contributed by atoms with van der Waals surface area (Å²) in [7, 11) is 0. The summed E-state index contributed by atoms with van der Waals surface area (Å²) in [6, 6.07) is 6.33. The second kappa shape index (κ2) is 7.35. The van der Waals surface area contributed by atoms with Crippen LogP contribution in [0.25, 0.3) is 16.8 Å². The van der Waals surface area contributed by atoms with Gasteiger partial charge in [0.15, 0.2) is 0 Å². The molecule has 6 nitrogen and oxygen atoms in total. The molecule has 3 heterocycles. The Balaban J connectivity index is 1.71. The first-order valence-electron chi connectivity index (χ1n) is 9.42. The lowest BCUT2D eigenvalue weighted by atomic mass is 10.0. The maximum atomic E-state index is 14.5. The van der Waals surface area contributed by atoms with E-state index in [1.165, 1.54) is 12.1 Å². The Bertz CT molecular complexity index is 982. The van der Waals surface area contributed by atoms with Gasteiger partial charge in [-0.15, -0.1) is 10.2 Å². The van der Waals surface area contributed by atoms with Crippen molar-refractivity contribution in [3.05, 3.63) is 41.8 Å². The molecule has 28 heavy (non-hydrogen) atoms. The highest BCUT2D eigenvalue weighted by Crippen LogP contribution is 2.34. The topological polar surface area (TPSA) is 65.7 Å². The number of phenols is 1. The summed E-state index contributed by atoms with van der Waals surface area (Å²) in [5.74, 6) is -0.269. The quantitative estimate of drug-likeness (QED) is 0.718. The minimum atomic E-state index is -0.891. The van der Waals surface area contributed by atoms with Gasteiger partial charge in [-0.2, -0.15) is 0 Å². The van der Waals surface area contributed by atoms with Crippen LogP contribution in [-0.2, 0) is 0 Å². The molecule has 4 rings (SSSR count). The molecule has 2 aromatic heterocycles. The minimum absolute atomic E-state index is 0.0204. The number of likely N-dealkylation sites (N-methyl/N-ethyl adjacent to an activating group) is 1. The number of fused-ring (bicyclic) bond motifs is 1. The summed E-state index contributed by atoms with van der Waals surface area (Å²) < 4.78 is 30.3. The molecule has 8 heteroatoms. The smallest absolute Gasteiger partial charge is 0.228 e. The van der Waals surface area contributed by atoms with Crippen LogP contribution in [0, 0.1) is 12.7 Å². The number of nitrogens with one attached hydrogen (secondary N) is 1. The highest BCUT2D eigenvalue weighted by molar-refractivity contribution is 5.81. The maximum absolute atomic E-state index is 14.5. The average Bonchev–Trinajstić information content (AvgIpc) is 3.12. The zero-order chi connectivity index (χ0) is 19.8. The lowest BCUT2D eigenvalue weighted by molar-refractivity contribution is 0.134. The van der Waals surface area contributed by atoms with Crippen LogP contribution >= 0.6 is 0 Å². The molecule has 0 amide bonds. The monoisotopic (exact) mass is 387 g/mol. The summed E-state index contributed by atoms with van der Waals surface area (Å²) in [6.45, 7) is 5.67. The van der Waals surface area contributed by atoms with Crippen LogP contribution in [-0.4, -0.2) is 56.5 Å². The highest BCUT2D eigenvalue weighted by Gasteiger charge is 2.27. The Morgan fingerprint density at radius 2 is 2.11 bits per heavy atom. The van der Waals surface area contributed by atoms with Gasteiger partial charge in [-0.3, -0.25) is 9.30 Å². The average molecular weight is 387 g/mol. The van der Waals surface area contributed by atoms with Crippen LogP contribution in [0.5, 0.6) is 5.75 Å². The van der Waals surface area contributed by atoms with Gasteiger partial charge in [-0.1, -0.05) is 6.92 Å². The van der Waals surface area contributed by atoms with E-state index in [-0.39, 0.29) is 23.0 Å². The predicted octanol–water partition coefficient (Wildman–Crippen LogP) is 3.39. The number of benzene rings is 1. The first-order valence-corrected chi connectivity index (χ1v) is 9.42. The third-order valence-corrected chi connectivity index (χ3v) is 5.17. The molecule has 1 aromatic carbocycles. The Morgan fingerprint density at radius 1 is 1.29 bits per heavy atom. The van der Waals surface area contributed by atoms with Crippen molar-refractivity contribution >= 4 is 11.5 Å². The second-order valence-electron chi connectivity index (χ2n) is 7.30. The standard InChI is InChI=1S/C20H23F2N5O/c1-3-26-10-13(21)9-14(11-26)23-20-25-24-19(16-5-4-6-27(16)20)18-15(22)7-12(2)8-17(18)28/h4-8,13-14,28H,3,9-11H2,1-2H3,(H,23,25)/t13-,14-/m1/s1. The zero-order valence-electron chi connectivity index (χ0n) is 15.9. The molecule has 0 unspecified atom stereocenters. The van der Waals surface area contributed by atoms with Gasteiger partial charge >= 0.3 is 0 Å². The van der Waals surface area contributed by atoms with Crippen molar-refractivity contribution in [2.45, 2.75) is 32.5 Å². The van der Waals surface area contributed by atoms with Crippen molar-refractivity contribution in [1.82, 2.24) is 19.5 Å². The summed E-state index contributed by atoms with van der Waals surface area (Å²) in [4.78, 5) is 2.06. The van der Waals surface area contributed by atoms with Crippen LogP contribution in [0.4, 0.5) is 14.7 Å². The molecule has 0 aliphatic carbocycles. The fraction of sp³-hybridized carbons (Fsp3) is 0.400. The van der Waals surface area contributed by atoms with Gasteiger partial charge in [0.2, 0.25) is 5.95 Å². The number of rotatable bonds is 4. The number of aromatic hydroxyl groups is 1. The molecule has 0 saturated carbocycles. The SMILES string of the molecule is CCN1C[C@H](F)C[C@@H](Nc2nnc(-c3c(O)cc(C)cc3F)c3cccn23)C1. The first kappa shape index (κ1) is 18.6. The van der Waals surface area contributed by atoms with Gasteiger partial charge in [0.1, 0.15) is 23.4 Å². The van der Waals surface area contributed by atoms with Crippen molar-refractivity contribution < 1.29 is 13.9 Å². The van der Waals surface area contributed by atoms with Crippen molar-refractivity contribution in [2.75, 3.05) is 25.0 Å². The molecule has 0 radical (unpaired) electrons. The molecular formula is C20H23F2N5O. The largest absolute Gasteiger partial charge is 0.507 e. The first-order chi connectivity index (χ1) is 13.5. The van der Waals surface area contributed by atoms with E-state index in [0.717, 1.165) is 13.1 Å². The molecular weight excluding hydrogens is 364 g/mol. The van der Waals surface area contributed by atoms with Gasteiger partial charge < -0.3 is 10.4 Å². The second-order valence-corrected chi connectivity index (χ2v) is 7.30. The molecule has 0 bridgehead atoms. The number of anilines is 1. The lowest BCUT2D eigenvalue weighted by Crippen LogP contribution is -2.47. The van der Waals surface area contributed by atoms with Crippen molar-refractivity contribution in [3.63, 3.8) is 0 Å². The molecule has 148 valence electrons. The number of nitrogens with zero attached hydrogens (tertiary/aromatic N) is 4. The van der Waals surface area contributed by atoms with E-state index in [2.05, 4.69) is 20.4 Å². The summed E-state index contributed by atoms with van der Waals surface area (Å²) in [6.07, 6.45) is 1.29. The molecule has 2 N–H and O–H groups in total. The number of hydrogen-bond acceptors (Lipinski definition) is 5. The van der Waals surface area contributed by atoms with E-state index in [4.69, 9.17) is 0 Å². The highest BCUT2D eigenvalue weighted by atomic mass is 19.1. The maximum Gasteiger partial charge on any atom is 0.228 e. The number of likely N-dealkylation sites (tertiary alicyclic amines) is 1. The van der Waals surface area contributed by atoms with E-state index in [1.807, 2.05) is 6.92 Å². The molecule has 1 aliphatic heterocycles. The fourth-order valence-corrected chi connectivity index (χ4v) is 3.86. The van der Waals surface area contributed by atoms with Gasteiger partial charge in [0.05, 0.1) is 11.1 Å².